The monoisotopic (exact) mass is 262 g/mol. The molecule has 19 heavy (non-hydrogen) atoms. The topological polar surface area (TPSA) is 40.2 Å². The van der Waals surface area contributed by atoms with Crippen molar-refractivity contribution in [2.24, 2.45) is 5.73 Å². The van der Waals surface area contributed by atoms with Gasteiger partial charge in [-0.25, -0.2) is 4.39 Å². The van der Waals surface area contributed by atoms with Crippen LogP contribution in [0, 0.1) is 5.82 Å². The minimum absolute atomic E-state index is 0.129. The van der Waals surface area contributed by atoms with Crippen LogP contribution in [0.4, 0.5) is 4.39 Å². The molecular formula is C15H19FN2O. The van der Waals surface area contributed by atoms with Gasteiger partial charge in [0, 0.05) is 24.0 Å². The van der Waals surface area contributed by atoms with Gasteiger partial charge in [0.2, 0.25) is 0 Å². The lowest BCUT2D eigenvalue weighted by Crippen LogP contribution is -2.17. The van der Waals surface area contributed by atoms with Gasteiger partial charge in [0.1, 0.15) is 0 Å². The van der Waals surface area contributed by atoms with Crippen molar-refractivity contribution in [3.8, 4) is 5.75 Å². The molecule has 0 aliphatic heterocycles. The summed E-state index contributed by atoms with van der Waals surface area (Å²) in [5, 5.41) is 0. The fraction of sp³-hybridized carbons (Fsp3) is 0.333. The van der Waals surface area contributed by atoms with Gasteiger partial charge >= 0.3 is 0 Å². The van der Waals surface area contributed by atoms with Gasteiger partial charge in [0.25, 0.3) is 0 Å². The minimum Gasteiger partial charge on any atom is -0.494 e. The largest absolute Gasteiger partial charge is 0.494 e. The highest BCUT2D eigenvalue weighted by atomic mass is 19.1. The lowest BCUT2D eigenvalue weighted by molar-refractivity contribution is 0.383. The molecule has 0 spiro atoms. The third-order valence-corrected chi connectivity index (χ3v) is 2.99. The molecule has 1 aromatic carbocycles. The fourth-order valence-electron chi connectivity index (χ4n) is 2.11. The molecular weight excluding hydrogens is 243 g/mol. The average molecular weight is 262 g/mol. The maximum atomic E-state index is 14.0. The lowest BCUT2D eigenvalue weighted by atomic mass is 10.1. The second-order valence-corrected chi connectivity index (χ2v) is 4.81. The number of nitrogens with two attached hydrogens (primary N) is 1. The fourth-order valence-corrected chi connectivity index (χ4v) is 2.11. The van der Waals surface area contributed by atoms with E-state index >= 15 is 0 Å². The highest BCUT2D eigenvalue weighted by Gasteiger charge is 2.09. The van der Waals surface area contributed by atoms with Crippen LogP contribution in [0.3, 0.4) is 0 Å². The van der Waals surface area contributed by atoms with E-state index in [0.29, 0.717) is 12.1 Å². The average Bonchev–Trinajstić information content (AvgIpc) is 2.78. The van der Waals surface area contributed by atoms with Crippen molar-refractivity contribution in [3.05, 3.63) is 53.6 Å². The van der Waals surface area contributed by atoms with Crippen molar-refractivity contribution in [3.63, 3.8) is 0 Å². The predicted octanol–water partition coefficient (Wildman–Crippen LogP) is 2.57. The maximum Gasteiger partial charge on any atom is 0.170 e. The van der Waals surface area contributed by atoms with E-state index in [1.54, 1.807) is 18.2 Å². The molecule has 0 radical (unpaired) electrons. The Labute approximate surface area is 112 Å². The SMILES string of the molecule is COc1cccc(Cn2ccc(CC(C)N)c2)c1F. The number of aromatic nitrogens is 1. The van der Waals surface area contributed by atoms with Crippen LogP contribution in [0.1, 0.15) is 18.1 Å². The van der Waals surface area contributed by atoms with Gasteiger partial charge in [0.05, 0.1) is 13.7 Å². The number of ether oxygens (including phenoxy) is 1. The van der Waals surface area contributed by atoms with Gasteiger partial charge in [-0.1, -0.05) is 12.1 Å². The molecule has 3 nitrogen and oxygen atoms in total. The molecule has 0 saturated carbocycles. The third kappa shape index (κ3) is 3.35. The standard InChI is InChI=1S/C15H19FN2O/c1-11(17)8-12-6-7-18(9-12)10-13-4-3-5-14(19-2)15(13)16/h3-7,9,11H,8,10,17H2,1-2H3. The molecule has 2 N–H and O–H groups in total. The Balaban J connectivity index is 2.15. The molecule has 0 amide bonds. The van der Waals surface area contributed by atoms with Gasteiger partial charge in [-0.15, -0.1) is 0 Å². The van der Waals surface area contributed by atoms with Crippen molar-refractivity contribution in [2.45, 2.75) is 25.9 Å². The smallest absolute Gasteiger partial charge is 0.170 e. The summed E-state index contributed by atoms with van der Waals surface area (Å²) in [7, 11) is 1.47. The molecule has 1 aromatic heterocycles. The Morgan fingerprint density at radius 2 is 2.16 bits per heavy atom. The summed E-state index contributed by atoms with van der Waals surface area (Å²) in [4.78, 5) is 0. The Hall–Kier alpha value is -1.81. The van der Waals surface area contributed by atoms with Crippen molar-refractivity contribution in [1.29, 1.82) is 0 Å². The van der Waals surface area contributed by atoms with Crippen molar-refractivity contribution in [1.82, 2.24) is 4.57 Å². The molecule has 2 aromatic rings. The Kier molecular flexibility index (Phi) is 4.22. The summed E-state index contributed by atoms with van der Waals surface area (Å²) in [5.74, 6) is -0.0205. The van der Waals surface area contributed by atoms with Crippen LogP contribution >= 0.6 is 0 Å². The van der Waals surface area contributed by atoms with Crippen LogP contribution in [0.2, 0.25) is 0 Å². The summed E-state index contributed by atoms with van der Waals surface area (Å²) in [6.07, 6.45) is 4.77. The molecule has 0 saturated heterocycles. The Morgan fingerprint density at radius 1 is 1.37 bits per heavy atom. The van der Waals surface area contributed by atoms with Crippen LogP contribution < -0.4 is 10.5 Å². The summed E-state index contributed by atoms with van der Waals surface area (Å²) < 4.78 is 21.0. The van der Waals surface area contributed by atoms with Gasteiger partial charge in [0.15, 0.2) is 11.6 Å². The first kappa shape index (κ1) is 13.6. The van der Waals surface area contributed by atoms with Crippen LogP contribution in [-0.4, -0.2) is 17.7 Å². The molecule has 102 valence electrons. The molecule has 0 bridgehead atoms. The summed E-state index contributed by atoms with van der Waals surface area (Å²) in [6, 6.07) is 7.33. The third-order valence-electron chi connectivity index (χ3n) is 2.99. The maximum absolute atomic E-state index is 14.0. The molecule has 1 heterocycles. The first-order chi connectivity index (χ1) is 9.10. The number of rotatable bonds is 5. The number of hydrogen-bond acceptors (Lipinski definition) is 2. The summed E-state index contributed by atoms with van der Waals surface area (Å²) in [6.45, 7) is 2.46. The zero-order valence-electron chi connectivity index (χ0n) is 11.3. The minimum atomic E-state index is -0.299. The molecule has 0 aliphatic carbocycles. The number of nitrogens with zero attached hydrogens (tertiary/aromatic N) is 1. The van der Waals surface area contributed by atoms with Gasteiger partial charge in [-0.3, -0.25) is 0 Å². The van der Waals surface area contributed by atoms with Crippen molar-refractivity contribution < 1.29 is 9.13 Å². The van der Waals surface area contributed by atoms with Gasteiger partial charge in [-0.05, 0) is 31.0 Å². The van der Waals surface area contributed by atoms with E-state index in [1.165, 1.54) is 12.7 Å². The highest BCUT2D eigenvalue weighted by Crippen LogP contribution is 2.21. The van der Waals surface area contributed by atoms with E-state index in [2.05, 4.69) is 0 Å². The second kappa shape index (κ2) is 5.89. The van der Waals surface area contributed by atoms with E-state index in [0.717, 1.165) is 6.42 Å². The molecule has 4 heteroatoms. The van der Waals surface area contributed by atoms with E-state index in [4.69, 9.17) is 10.5 Å². The van der Waals surface area contributed by atoms with Crippen molar-refractivity contribution in [2.75, 3.05) is 7.11 Å². The van der Waals surface area contributed by atoms with Crippen molar-refractivity contribution >= 4 is 0 Å². The lowest BCUT2D eigenvalue weighted by Gasteiger charge is -2.08. The molecule has 2 rings (SSSR count). The van der Waals surface area contributed by atoms with Gasteiger partial charge in [-0.2, -0.15) is 0 Å². The Morgan fingerprint density at radius 3 is 2.84 bits per heavy atom. The summed E-state index contributed by atoms with van der Waals surface area (Å²) >= 11 is 0. The number of benzene rings is 1. The number of hydrogen-bond donors (Lipinski definition) is 1. The normalized spacial score (nSPS) is 12.4. The summed E-state index contributed by atoms with van der Waals surface area (Å²) in [5.41, 5.74) is 7.54. The van der Waals surface area contributed by atoms with E-state index in [9.17, 15) is 4.39 Å². The second-order valence-electron chi connectivity index (χ2n) is 4.81. The highest BCUT2D eigenvalue weighted by molar-refractivity contribution is 5.31. The van der Waals surface area contributed by atoms with Crippen LogP contribution in [0.5, 0.6) is 5.75 Å². The van der Waals surface area contributed by atoms with E-state index < -0.39 is 0 Å². The molecule has 0 aliphatic rings. The van der Waals surface area contributed by atoms with Crippen LogP contribution in [0.15, 0.2) is 36.7 Å². The molecule has 1 unspecified atom stereocenters. The quantitative estimate of drug-likeness (QED) is 0.899. The zero-order chi connectivity index (χ0) is 13.8. The van der Waals surface area contributed by atoms with E-state index in [-0.39, 0.29) is 17.6 Å². The van der Waals surface area contributed by atoms with Crippen LogP contribution in [0.25, 0.3) is 0 Å². The Bertz CT molecular complexity index is 549. The molecule has 1 atom stereocenters. The van der Waals surface area contributed by atoms with Gasteiger partial charge < -0.3 is 15.0 Å². The number of methoxy groups -OCH3 is 1. The number of halogens is 1. The van der Waals surface area contributed by atoms with Crippen LogP contribution in [-0.2, 0) is 13.0 Å². The van der Waals surface area contributed by atoms with E-state index in [1.807, 2.05) is 30.0 Å². The first-order valence-corrected chi connectivity index (χ1v) is 6.31. The predicted molar refractivity (Wildman–Crippen MR) is 73.8 cm³/mol. The molecule has 0 fully saturated rings. The zero-order valence-corrected chi connectivity index (χ0v) is 11.3. The first-order valence-electron chi connectivity index (χ1n) is 6.31.